The fourth-order valence-corrected chi connectivity index (χ4v) is 3.57. The summed E-state index contributed by atoms with van der Waals surface area (Å²) in [5, 5.41) is 14.1. The first-order chi connectivity index (χ1) is 13.4. The quantitative estimate of drug-likeness (QED) is 0.804. The molecule has 0 bridgehead atoms. The highest BCUT2D eigenvalue weighted by molar-refractivity contribution is 5.93. The number of amides is 1. The van der Waals surface area contributed by atoms with Gasteiger partial charge in [-0.05, 0) is 24.5 Å². The van der Waals surface area contributed by atoms with Crippen molar-refractivity contribution in [1.82, 2.24) is 25.5 Å². The van der Waals surface area contributed by atoms with Crippen LogP contribution < -0.4 is 15.5 Å². The Morgan fingerprint density at radius 1 is 1.21 bits per heavy atom. The summed E-state index contributed by atoms with van der Waals surface area (Å²) in [7, 11) is 1.58. The number of hydrogen-bond acceptors (Lipinski definition) is 8. The van der Waals surface area contributed by atoms with Crippen molar-refractivity contribution in [2.75, 3.05) is 43.6 Å². The summed E-state index contributed by atoms with van der Waals surface area (Å²) in [6, 6.07) is 3.72. The van der Waals surface area contributed by atoms with E-state index in [2.05, 4.69) is 35.7 Å². The summed E-state index contributed by atoms with van der Waals surface area (Å²) in [6.07, 6.45) is 0. The molecule has 0 atom stereocenters. The Balaban J connectivity index is 0.00000160. The van der Waals surface area contributed by atoms with Gasteiger partial charge >= 0.3 is 0 Å². The first-order valence-electron chi connectivity index (χ1n) is 9.44. The van der Waals surface area contributed by atoms with Crippen molar-refractivity contribution < 1.29 is 12.4 Å². The summed E-state index contributed by atoms with van der Waals surface area (Å²) >= 11 is 0. The van der Waals surface area contributed by atoms with Gasteiger partial charge in [0.1, 0.15) is 5.82 Å². The third-order valence-electron chi connectivity index (χ3n) is 5.14. The van der Waals surface area contributed by atoms with Gasteiger partial charge < -0.3 is 20.3 Å². The van der Waals surface area contributed by atoms with E-state index in [9.17, 15) is 4.79 Å². The Labute approximate surface area is 166 Å². The van der Waals surface area contributed by atoms with Crippen LogP contribution in [-0.4, -0.2) is 59.4 Å². The molecule has 0 radical (unpaired) electrons. The van der Waals surface area contributed by atoms with E-state index in [4.69, 9.17) is 4.74 Å². The van der Waals surface area contributed by atoms with Crippen molar-refractivity contribution in [3.8, 4) is 0 Å². The lowest BCUT2D eigenvalue weighted by Crippen LogP contribution is -2.66. The topological polar surface area (TPSA) is 105 Å². The fourth-order valence-electron chi connectivity index (χ4n) is 3.57. The molecule has 2 fully saturated rings. The van der Waals surface area contributed by atoms with E-state index in [0.717, 1.165) is 37.6 Å². The second kappa shape index (κ2) is 6.97. The maximum atomic E-state index is 12.0. The number of carbonyl (C=O) groups excluding carboxylic acids is 1. The predicted molar refractivity (Wildman–Crippen MR) is 109 cm³/mol. The molecule has 0 aromatic carbocycles. The van der Waals surface area contributed by atoms with Crippen molar-refractivity contribution in [3.63, 3.8) is 0 Å². The van der Waals surface area contributed by atoms with Crippen LogP contribution in [0.3, 0.4) is 0 Å². The molecular formula is C19H29N7O2. The van der Waals surface area contributed by atoms with Crippen molar-refractivity contribution in [1.29, 1.82) is 0 Å². The monoisotopic (exact) mass is 387 g/mol. The Bertz CT molecular complexity index is 914. The Morgan fingerprint density at radius 3 is 2.57 bits per heavy atom. The van der Waals surface area contributed by atoms with Crippen molar-refractivity contribution in [2.45, 2.75) is 26.7 Å². The number of carbonyl (C=O) groups is 1. The maximum Gasteiger partial charge on any atom is 0.271 e. The van der Waals surface area contributed by atoms with Crippen LogP contribution in [0.25, 0.3) is 0 Å². The molecule has 0 aliphatic carbocycles. The summed E-state index contributed by atoms with van der Waals surface area (Å²) in [6.45, 7) is 9.48. The Morgan fingerprint density at radius 2 is 1.96 bits per heavy atom. The second-order valence-corrected chi connectivity index (χ2v) is 7.94. The largest absolute Gasteiger partial charge is 0.380 e. The average molecular weight is 387 g/mol. The van der Waals surface area contributed by atoms with Crippen molar-refractivity contribution in [3.05, 3.63) is 29.1 Å². The van der Waals surface area contributed by atoms with Gasteiger partial charge in [0.05, 0.1) is 18.6 Å². The molecule has 0 unspecified atom stereocenters. The van der Waals surface area contributed by atoms with Crippen molar-refractivity contribution >= 4 is 23.5 Å². The summed E-state index contributed by atoms with van der Waals surface area (Å²) in [5.41, 5.74) is 2.35. The van der Waals surface area contributed by atoms with E-state index >= 15 is 0 Å². The van der Waals surface area contributed by atoms with Gasteiger partial charge in [0.25, 0.3) is 5.91 Å². The van der Waals surface area contributed by atoms with Gasteiger partial charge in [0, 0.05) is 34.8 Å². The molecule has 9 nitrogen and oxygen atoms in total. The molecule has 2 aliphatic heterocycles. The molecule has 28 heavy (non-hydrogen) atoms. The summed E-state index contributed by atoms with van der Waals surface area (Å²) < 4.78 is 5.33. The zero-order chi connectivity index (χ0) is 19.9. The number of ether oxygens (including phenoxy) is 1. The van der Waals surface area contributed by atoms with E-state index in [-0.39, 0.29) is 14.7 Å². The molecule has 4 heterocycles. The maximum absolute atomic E-state index is 12.0. The summed E-state index contributed by atoms with van der Waals surface area (Å²) in [5.74, 6) is 1.81. The van der Waals surface area contributed by atoms with Crippen molar-refractivity contribution in [2.24, 2.45) is 5.41 Å². The van der Waals surface area contributed by atoms with Crippen LogP contribution in [0.15, 0.2) is 12.1 Å². The summed E-state index contributed by atoms with van der Waals surface area (Å²) in [4.78, 5) is 23.4. The first-order valence-corrected chi connectivity index (χ1v) is 9.44. The van der Waals surface area contributed by atoms with Crippen LogP contribution in [0.2, 0.25) is 0 Å². The van der Waals surface area contributed by atoms with E-state index < -0.39 is 0 Å². The fraction of sp³-hybridized carbons (Fsp3) is 0.526. The molecule has 1 amide bonds. The van der Waals surface area contributed by atoms with Gasteiger partial charge in [-0.2, -0.15) is 4.98 Å². The van der Waals surface area contributed by atoms with Gasteiger partial charge in [-0.1, -0.05) is 13.8 Å². The molecule has 2 saturated heterocycles. The molecule has 152 valence electrons. The number of aromatic nitrogens is 4. The minimum Gasteiger partial charge on any atom is -0.380 e. The Kier molecular flexibility index (Phi) is 4.62. The van der Waals surface area contributed by atoms with Crippen LogP contribution in [0.1, 0.15) is 44.4 Å². The Hall–Kier alpha value is -2.81. The SMILES string of the molecule is CNC(=O)c1nnc(Nc2cc(C)nc(N3CC4(COC4)C3)n2)cc1C(C)C.[HH].[HH]. The van der Waals surface area contributed by atoms with Gasteiger partial charge in [-0.15, -0.1) is 10.2 Å². The van der Waals surface area contributed by atoms with Crippen LogP contribution in [0, 0.1) is 12.3 Å². The molecule has 0 saturated carbocycles. The number of nitrogens with one attached hydrogen (secondary N) is 2. The number of nitrogens with zero attached hydrogens (tertiary/aromatic N) is 5. The number of hydrogen-bond donors (Lipinski definition) is 2. The van der Waals surface area contributed by atoms with Gasteiger partial charge in [-0.25, -0.2) is 4.98 Å². The lowest BCUT2D eigenvalue weighted by molar-refractivity contribution is -0.127. The molecule has 2 N–H and O–H groups in total. The first kappa shape index (κ1) is 18.5. The lowest BCUT2D eigenvalue weighted by atomic mass is 9.78. The van der Waals surface area contributed by atoms with Crippen LogP contribution in [0.4, 0.5) is 17.6 Å². The molecule has 2 aliphatic rings. The predicted octanol–water partition coefficient (Wildman–Crippen LogP) is 2.13. The van der Waals surface area contributed by atoms with Crippen LogP contribution in [-0.2, 0) is 4.74 Å². The highest BCUT2D eigenvalue weighted by Gasteiger charge is 2.49. The number of anilines is 3. The second-order valence-electron chi connectivity index (χ2n) is 7.94. The highest BCUT2D eigenvalue weighted by Crippen LogP contribution is 2.39. The van der Waals surface area contributed by atoms with E-state index in [0.29, 0.717) is 28.7 Å². The van der Waals surface area contributed by atoms with E-state index in [1.54, 1.807) is 7.05 Å². The molecule has 2 aromatic rings. The van der Waals surface area contributed by atoms with E-state index in [1.165, 1.54) is 0 Å². The molecule has 9 heteroatoms. The van der Waals surface area contributed by atoms with Gasteiger partial charge in [0.2, 0.25) is 5.95 Å². The number of rotatable bonds is 5. The molecule has 4 rings (SSSR count). The number of aryl methyl sites for hydroxylation is 1. The molecular weight excluding hydrogens is 358 g/mol. The molecule has 1 spiro atoms. The minimum absolute atomic E-state index is 0. The normalized spacial score (nSPS) is 17.2. The van der Waals surface area contributed by atoms with E-state index in [1.807, 2.05) is 32.9 Å². The highest BCUT2D eigenvalue weighted by atomic mass is 16.5. The third kappa shape index (κ3) is 3.37. The van der Waals surface area contributed by atoms with Gasteiger partial charge in [0.15, 0.2) is 11.5 Å². The van der Waals surface area contributed by atoms with Gasteiger partial charge in [-0.3, -0.25) is 4.79 Å². The zero-order valence-corrected chi connectivity index (χ0v) is 16.6. The van der Waals surface area contributed by atoms with Crippen LogP contribution >= 0.6 is 0 Å². The third-order valence-corrected chi connectivity index (χ3v) is 5.14. The smallest absolute Gasteiger partial charge is 0.271 e. The zero-order valence-electron chi connectivity index (χ0n) is 16.6. The molecule has 2 aromatic heterocycles. The van der Waals surface area contributed by atoms with Crippen LogP contribution in [0.5, 0.6) is 0 Å². The minimum atomic E-state index is -0.241. The standard InChI is InChI=1S/C19H25N7O2.2H2/c1-11(2)13-6-15(24-25-16(13)17(27)20-4)22-14-5-12(3)21-18(23-14)26-7-19(8-26)9-28-10-19;;/h5-6,11H,7-10H2,1-4H3,(H,20,27)(H,21,22,23,24);2*1H. The average Bonchev–Trinajstić information content (AvgIpc) is 2.58. The lowest BCUT2D eigenvalue weighted by Gasteiger charge is -2.54.